The number of carbonyl (C=O) groups is 1. The zero-order chi connectivity index (χ0) is 12.1. The first-order valence-corrected chi connectivity index (χ1v) is 6.09. The Morgan fingerprint density at radius 2 is 2.19 bits per heavy atom. The van der Waals surface area contributed by atoms with Crippen LogP contribution in [0.5, 0.6) is 0 Å². The highest BCUT2D eigenvalue weighted by Crippen LogP contribution is 2.38. The highest BCUT2D eigenvalue weighted by molar-refractivity contribution is 5.74. The minimum Gasteiger partial charge on any atom is -0.383 e. The van der Waals surface area contributed by atoms with E-state index in [0.717, 1.165) is 12.5 Å². The number of nitrogens with one attached hydrogen (secondary N) is 1. The number of hydrogen-bond donors (Lipinski definition) is 1. The lowest BCUT2D eigenvalue weighted by atomic mass is 10.2. The van der Waals surface area contributed by atoms with Gasteiger partial charge in [0.05, 0.1) is 6.61 Å². The first kappa shape index (κ1) is 13.3. The summed E-state index contributed by atoms with van der Waals surface area (Å²) in [6.07, 6.45) is 1.26. The fourth-order valence-electron chi connectivity index (χ4n) is 1.80. The van der Waals surface area contributed by atoms with Crippen LogP contribution in [0.2, 0.25) is 0 Å². The molecule has 4 nitrogen and oxygen atoms in total. The van der Waals surface area contributed by atoms with Gasteiger partial charge in [-0.25, -0.2) is 4.79 Å². The van der Waals surface area contributed by atoms with Gasteiger partial charge in [-0.05, 0) is 32.1 Å². The average Bonchev–Trinajstić information content (AvgIpc) is 2.90. The molecule has 1 saturated carbocycles. The summed E-state index contributed by atoms with van der Waals surface area (Å²) in [4.78, 5) is 13.8. The Labute approximate surface area is 98.3 Å². The second-order valence-electron chi connectivity index (χ2n) is 4.94. The standard InChI is InChI=1S/C12H24N2O2/c1-9(2)14(8-11-7-10(11)3)12(15)13-5-6-16-4/h9-11H,5-8H2,1-4H3,(H,13,15). The van der Waals surface area contributed by atoms with Gasteiger partial charge in [-0.2, -0.15) is 0 Å². The van der Waals surface area contributed by atoms with Crippen LogP contribution in [-0.4, -0.2) is 43.8 Å². The van der Waals surface area contributed by atoms with Crippen molar-refractivity contribution in [2.75, 3.05) is 26.8 Å². The van der Waals surface area contributed by atoms with Crippen molar-refractivity contribution in [3.63, 3.8) is 0 Å². The lowest BCUT2D eigenvalue weighted by Gasteiger charge is -2.27. The number of urea groups is 1. The smallest absolute Gasteiger partial charge is 0.317 e. The van der Waals surface area contributed by atoms with E-state index < -0.39 is 0 Å². The van der Waals surface area contributed by atoms with Crippen molar-refractivity contribution >= 4 is 6.03 Å². The predicted octanol–water partition coefficient (Wildman–Crippen LogP) is 1.71. The summed E-state index contributed by atoms with van der Waals surface area (Å²) in [7, 11) is 1.64. The second kappa shape index (κ2) is 6.09. The lowest BCUT2D eigenvalue weighted by molar-refractivity contribution is 0.167. The van der Waals surface area contributed by atoms with Crippen molar-refractivity contribution in [3.05, 3.63) is 0 Å². The number of nitrogens with zero attached hydrogens (tertiary/aromatic N) is 1. The molecule has 0 aliphatic heterocycles. The van der Waals surface area contributed by atoms with Crippen molar-refractivity contribution in [2.24, 2.45) is 11.8 Å². The van der Waals surface area contributed by atoms with Gasteiger partial charge in [-0.1, -0.05) is 6.92 Å². The molecule has 0 saturated heterocycles. The predicted molar refractivity (Wildman–Crippen MR) is 64.4 cm³/mol. The fourth-order valence-corrected chi connectivity index (χ4v) is 1.80. The molecular weight excluding hydrogens is 204 g/mol. The summed E-state index contributed by atoms with van der Waals surface area (Å²) in [5.74, 6) is 1.49. The molecule has 0 spiro atoms. The van der Waals surface area contributed by atoms with Gasteiger partial charge in [0.25, 0.3) is 0 Å². The van der Waals surface area contributed by atoms with E-state index in [1.165, 1.54) is 6.42 Å². The summed E-state index contributed by atoms with van der Waals surface area (Å²) < 4.78 is 4.91. The molecule has 16 heavy (non-hydrogen) atoms. The monoisotopic (exact) mass is 228 g/mol. The molecular formula is C12H24N2O2. The maximum Gasteiger partial charge on any atom is 0.317 e. The van der Waals surface area contributed by atoms with E-state index in [1.807, 2.05) is 4.90 Å². The molecule has 94 valence electrons. The van der Waals surface area contributed by atoms with Gasteiger partial charge >= 0.3 is 6.03 Å². The summed E-state index contributed by atoms with van der Waals surface area (Å²) in [6.45, 7) is 8.39. The minimum atomic E-state index is 0.0335. The minimum absolute atomic E-state index is 0.0335. The van der Waals surface area contributed by atoms with Crippen molar-refractivity contribution < 1.29 is 9.53 Å². The Morgan fingerprint density at radius 1 is 1.56 bits per heavy atom. The molecule has 0 aromatic carbocycles. The summed E-state index contributed by atoms with van der Waals surface area (Å²) in [5.41, 5.74) is 0. The van der Waals surface area contributed by atoms with Crippen LogP contribution in [0, 0.1) is 11.8 Å². The van der Waals surface area contributed by atoms with E-state index >= 15 is 0 Å². The van der Waals surface area contributed by atoms with Gasteiger partial charge in [0.1, 0.15) is 0 Å². The average molecular weight is 228 g/mol. The van der Waals surface area contributed by atoms with Crippen LogP contribution in [0.4, 0.5) is 4.79 Å². The molecule has 2 amide bonds. The van der Waals surface area contributed by atoms with E-state index in [9.17, 15) is 4.79 Å². The third-order valence-corrected chi connectivity index (χ3v) is 3.17. The molecule has 1 rings (SSSR count). The fraction of sp³-hybridized carbons (Fsp3) is 0.917. The van der Waals surface area contributed by atoms with Crippen molar-refractivity contribution in [1.82, 2.24) is 10.2 Å². The lowest BCUT2D eigenvalue weighted by Crippen LogP contribution is -2.45. The number of rotatable bonds is 6. The zero-order valence-electron chi connectivity index (χ0n) is 10.8. The SMILES string of the molecule is COCCNC(=O)N(CC1CC1C)C(C)C. The first-order chi connectivity index (χ1) is 7.56. The molecule has 1 N–H and O–H groups in total. The molecule has 0 aromatic heterocycles. The van der Waals surface area contributed by atoms with Gasteiger partial charge in [0.2, 0.25) is 0 Å². The normalized spacial score (nSPS) is 23.3. The Bertz CT molecular complexity index is 231. The van der Waals surface area contributed by atoms with Gasteiger partial charge in [0, 0.05) is 26.2 Å². The van der Waals surface area contributed by atoms with E-state index in [2.05, 4.69) is 26.1 Å². The number of ether oxygens (including phenoxy) is 1. The third-order valence-electron chi connectivity index (χ3n) is 3.17. The maximum atomic E-state index is 11.9. The van der Waals surface area contributed by atoms with Crippen molar-refractivity contribution in [2.45, 2.75) is 33.2 Å². The largest absolute Gasteiger partial charge is 0.383 e. The molecule has 1 aliphatic carbocycles. The van der Waals surface area contributed by atoms with Crippen molar-refractivity contribution in [3.8, 4) is 0 Å². The van der Waals surface area contributed by atoms with Crippen molar-refractivity contribution in [1.29, 1.82) is 0 Å². The van der Waals surface area contributed by atoms with Crippen LogP contribution >= 0.6 is 0 Å². The summed E-state index contributed by atoms with van der Waals surface area (Å²) in [6, 6.07) is 0.293. The van der Waals surface area contributed by atoms with Gasteiger partial charge in [-0.3, -0.25) is 0 Å². The summed E-state index contributed by atoms with van der Waals surface area (Å²) >= 11 is 0. The Kier molecular flexibility index (Phi) is 5.06. The Hall–Kier alpha value is -0.770. The van der Waals surface area contributed by atoms with Gasteiger partial charge in [-0.15, -0.1) is 0 Å². The molecule has 0 bridgehead atoms. The molecule has 1 fully saturated rings. The van der Waals surface area contributed by atoms with Gasteiger partial charge < -0.3 is 15.0 Å². The topological polar surface area (TPSA) is 41.6 Å². The van der Waals surface area contributed by atoms with Crippen LogP contribution in [0.25, 0.3) is 0 Å². The quantitative estimate of drug-likeness (QED) is 0.703. The molecule has 0 heterocycles. The van der Waals surface area contributed by atoms with E-state index in [-0.39, 0.29) is 12.1 Å². The van der Waals surface area contributed by atoms with E-state index in [0.29, 0.717) is 19.1 Å². The van der Waals surface area contributed by atoms with Crippen LogP contribution in [-0.2, 0) is 4.74 Å². The molecule has 2 unspecified atom stereocenters. The molecule has 2 atom stereocenters. The van der Waals surface area contributed by atoms with Crippen LogP contribution < -0.4 is 5.32 Å². The maximum absolute atomic E-state index is 11.9. The number of carbonyl (C=O) groups excluding carboxylic acids is 1. The Morgan fingerprint density at radius 3 is 2.62 bits per heavy atom. The summed E-state index contributed by atoms with van der Waals surface area (Å²) in [5, 5.41) is 2.87. The molecule has 1 aliphatic rings. The number of amides is 2. The highest BCUT2D eigenvalue weighted by Gasteiger charge is 2.35. The van der Waals surface area contributed by atoms with E-state index in [1.54, 1.807) is 7.11 Å². The second-order valence-corrected chi connectivity index (χ2v) is 4.94. The number of hydrogen-bond acceptors (Lipinski definition) is 2. The van der Waals surface area contributed by atoms with Gasteiger partial charge in [0.15, 0.2) is 0 Å². The van der Waals surface area contributed by atoms with E-state index in [4.69, 9.17) is 4.74 Å². The van der Waals surface area contributed by atoms with Crippen LogP contribution in [0.3, 0.4) is 0 Å². The molecule has 0 radical (unpaired) electrons. The third kappa shape index (κ3) is 4.00. The molecule has 0 aromatic rings. The van der Waals surface area contributed by atoms with Crippen LogP contribution in [0.15, 0.2) is 0 Å². The zero-order valence-corrected chi connectivity index (χ0v) is 10.8. The highest BCUT2D eigenvalue weighted by atomic mass is 16.5. The van der Waals surface area contributed by atoms with Crippen LogP contribution in [0.1, 0.15) is 27.2 Å². The number of methoxy groups -OCH3 is 1. The first-order valence-electron chi connectivity index (χ1n) is 6.09. The Balaban J connectivity index is 2.33. The molecule has 4 heteroatoms.